The van der Waals surface area contributed by atoms with Crippen LogP contribution in [0.2, 0.25) is 0 Å². The molecule has 0 radical (unpaired) electrons. The monoisotopic (exact) mass is 498 g/mol. The predicted octanol–water partition coefficient (Wildman–Crippen LogP) is 6.20. The first-order chi connectivity index (χ1) is 17.7. The fourth-order valence-electron chi connectivity index (χ4n) is 9.18. The Kier molecular flexibility index (Phi) is 6.00. The van der Waals surface area contributed by atoms with Gasteiger partial charge in [-0.1, -0.05) is 80.9 Å². The Morgan fingerprint density at radius 1 is 0.892 bits per heavy atom. The number of benzene rings is 2. The molecule has 37 heavy (non-hydrogen) atoms. The highest BCUT2D eigenvalue weighted by Crippen LogP contribution is 2.64. The summed E-state index contributed by atoms with van der Waals surface area (Å²) in [6, 6.07) is 20.4. The Balaban J connectivity index is 1.28. The zero-order valence-electron chi connectivity index (χ0n) is 22.6. The summed E-state index contributed by atoms with van der Waals surface area (Å²) in [6.45, 7) is 6.97. The molecular formula is C33H42N2O2. The third-order valence-electron chi connectivity index (χ3n) is 11.3. The first-order valence-corrected chi connectivity index (χ1v) is 14.5. The second-order valence-corrected chi connectivity index (χ2v) is 13.2. The molecule has 0 bridgehead atoms. The molecule has 3 saturated carbocycles. The largest absolute Gasteiger partial charge is 0.352 e. The molecule has 1 aliphatic heterocycles. The van der Waals surface area contributed by atoms with E-state index < -0.39 is 11.5 Å². The first kappa shape index (κ1) is 24.7. The molecule has 2 N–H and O–H groups in total. The summed E-state index contributed by atoms with van der Waals surface area (Å²) in [4.78, 5) is 27.4. The summed E-state index contributed by atoms with van der Waals surface area (Å²) in [7, 11) is 0. The maximum Gasteiger partial charge on any atom is 0.233 e. The molecule has 3 aliphatic carbocycles. The smallest absolute Gasteiger partial charge is 0.233 e. The predicted molar refractivity (Wildman–Crippen MR) is 147 cm³/mol. The quantitative estimate of drug-likeness (QED) is 0.493. The van der Waals surface area contributed by atoms with Gasteiger partial charge in [-0.3, -0.25) is 9.59 Å². The summed E-state index contributed by atoms with van der Waals surface area (Å²) in [5.74, 6) is 1.23. The van der Waals surface area contributed by atoms with E-state index in [0.717, 1.165) is 29.4 Å². The Morgan fingerprint density at radius 2 is 1.54 bits per heavy atom. The first-order valence-electron chi connectivity index (χ1n) is 14.5. The highest BCUT2D eigenvalue weighted by molar-refractivity contribution is 6.01. The van der Waals surface area contributed by atoms with Gasteiger partial charge in [0.1, 0.15) is 5.92 Å². The summed E-state index contributed by atoms with van der Waals surface area (Å²) in [5.41, 5.74) is 1.79. The van der Waals surface area contributed by atoms with E-state index in [9.17, 15) is 9.59 Å². The maximum absolute atomic E-state index is 14.0. The third-order valence-corrected chi connectivity index (χ3v) is 11.3. The van der Waals surface area contributed by atoms with Gasteiger partial charge in [0.05, 0.1) is 5.54 Å². The zero-order valence-corrected chi connectivity index (χ0v) is 22.6. The van der Waals surface area contributed by atoms with Crippen molar-refractivity contribution in [1.82, 2.24) is 10.6 Å². The van der Waals surface area contributed by atoms with Crippen LogP contribution in [0.15, 0.2) is 60.7 Å². The second kappa shape index (κ2) is 8.99. The number of piperidine rings is 1. The van der Waals surface area contributed by atoms with E-state index in [1.165, 1.54) is 38.5 Å². The van der Waals surface area contributed by atoms with Crippen LogP contribution >= 0.6 is 0 Å². The van der Waals surface area contributed by atoms with Crippen LogP contribution in [0, 0.1) is 34.5 Å². The fraction of sp³-hybridized carbons (Fsp3) is 0.576. The van der Waals surface area contributed by atoms with E-state index in [4.69, 9.17) is 0 Å². The van der Waals surface area contributed by atoms with Crippen molar-refractivity contribution in [3.8, 4) is 0 Å². The molecule has 2 amide bonds. The Hall–Kier alpha value is -2.62. The van der Waals surface area contributed by atoms with E-state index in [1.807, 2.05) is 36.4 Å². The molecule has 4 heteroatoms. The topological polar surface area (TPSA) is 58.2 Å². The molecule has 4 nitrogen and oxygen atoms in total. The van der Waals surface area contributed by atoms with Crippen LogP contribution in [0.5, 0.6) is 0 Å². The SMILES string of the molecule is CC(NC(=O)C1C[C@@]2(C)C(CC[C@@H]3[C@H]2CC[C@]2(C)CCC[C@@H]32)NC1=O)(c1ccccc1)c1ccccc1. The van der Waals surface area contributed by atoms with Gasteiger partial charge < -0.3 is 10.6 Å². The Labute approximate surface area is 222 Å². The molecule has 0 spiro atoms. The number of hydrogen-bond acceptors (Lipinski definition) is 2. The fourth-order valence-corrected chi connectivity index (χ4v) is 9.18. The highest BCUT2D eigenvalue weighted by Gasteiger charge is 2.60. The van der Waals surface area contributed by atoms with Gasteiger partial charge in [0.25, 0.3) is 0 Å². The van der Waals surface area contributed by atoms with Crippen molar-refractivity contribution in [2.45, 2.75) is 83.7 Å². The zero-order chi connectivity index (χ0) is 25.8. The molecule has 7 atom stereocenters. The van der Waals surface area contributed by atoms with E-state index >= 15 is 0 Å². The van der Waals surface area contributed by atoms with Gasteiger partial charge in [0.15, 0.2) is 0 Å². The minimum absolute atomic E-state index is 0.0291. The minimum atomic E-state index is -0.719. The average Bonchev–Trinajstić information content (AvgIpc) is 3.31. The van der Waals surface area contributed by atoms with Crippen LogP contribution in [-0.2, 0) is 15.1 Å². The number of carbonyl (C=O) groups excluding carboxylic acids is 2. The Bertz CT molecular complexity index is 1120. The summed E-state index contributed by atoms with van der Waals surface area (Å²) < 4.78 is 0. The number of amides is 2. The van der Waals surface area contributed by atoms with Crippen molar-refractivity contribution in [2.24, 2.45) is 34.5 Å². The third kappa shape index (κ3) is 3.94. The van der Waals surface area contributed by atoms with Gasteiger partial charge in [0.2, 0.25) is 11.8 Å². The molecule has 0 aromatic heterocycles. The molecule has 4 aliphatic rings. The molecule has 2 unspecified atom stereocenters. The highest BCUT2D eigenvalue weighted by atomic mass is 16.2. The van der Waals surface area contributed by atoms with Crippen molar-refractivity contribution >= 4 is 11.8 Å². The van der Waals surface area contributed by atoms with Gasteiger partial charge in [0, 0.05) is 6.04 Å². The van der Waals surface area contributed by atoms with Crippen molar-refractivity contribution in [3.63, 3.8) is 0 Å². The molecule has 6 rings (SSSR count). The average molecular weight is 499 g/mol. The van der Waals surface area contributed by atoms with E-state index in [1.54, 1.807) is 0 Å². The van der Waals surface area contributed by atoms with Crippen LogP contribution in [-0.4, -0.2) is 17.9 Å². The standard InChI is InChI=1S/C33H42N2O2/c1-31-19-10-15-26(31)24-16-17-28-32(2,27(24)18-20-31)21-25(29(36)34-28)30(37)35-33(3,22-11-6-4-7-12-22)23-13-8-5-9-14-23/h4-9,11-14,24-28H,10,15-21H2,1-3H3,(H,34,36)(H,35,37)/t24-,25?,26-,27+,28?,31-,32+/m0/s1. The lowest BCUT2D eigenvalue weighted by Crippen LogP contribution is -2.65. The van der Waals surface area contributed by atoms with Crippen molar-refractivity contribution in [3.05, 3.63) is 71.8 Å². The summed E-state index contributed by atoms with van der Waals surface area (Å²) in [6.07, 6.45) is 9.57. The maximum atomic E-state index is 14.0. The number of nitrogens with one attached hydrogen (secondary N) is 2. The van der Waals surface area contributed by atoms with Crippen molar-refractivity contribution < 1.29 is 9.59 Å². The summed E-state index contributed by atoms with van der Waals surface area (Å²) >= 11 is 0. The van der Waals surface area contributed by atoms with Crippen LogP contribution in [0.1, 0.15) is 83.3 Å². The molecule has 4 fully saturated rings. The van der Waals surface area contributed by atoms with Gasteiger partial charge in [-0.2, -0.15) is 0 Å². The number of carbonyl (C=O) groups is 2. The lowest BCUT2D eigenvalue weighted by atomic mass is 9.47. The van der Waals surface area contributed by atoms with Crippen molar-refractivity contribution in [2.75, 3.05) is 0 Å². The molecular weight excluding hydrogens is 456 g/mol. The van der Waals surface area contributed by atoms with Crippen LogP contribution in [0.25, 0.3) is 0 Å². The Morgan fingerprint density at radius 3 is 2.19 bits per heavy atom. The normalized spacial score (nSPS) is 37.1. The van der Waals surface area contributed by atoms with Crippen LogP contribution < -0.4 is 10.6 Å². The minimum Gasteiger partial charge on any atom is -0.352 e. The number of fused-ring (bicyclic) bond motifs is 5. The van der Waals surface area contributed by atoms with Crippen molar-refractivity contribution in [1.29, 1.82) is 0 Å². The van der Waals surface area contributed by atoms with Gasteiger partial charge in [-0.15, -0.1) is 0 Å². The second-order valence-electron chi connectivity index (χ2n) is 13.2. The molecule has 1 heterocycles. The van der Waals surface area contributed by atoms with Crippen LogP contribution in [0.4, 0.5) is 0 Å². The number of rotatable bonds is 4. The van der Waals surface area contributed by atoms with Crippen LogP contribution in [0.3, 0.4) is 0 Å². The van der Waals surface area contributed by atoms with Gasteiger partial charge in [-0.25, -0.2) is 0 Å². The van der Waals surface area contributed by atoms with Gasteiger partial charge in [-0.05, 0) is 91.6 Å². The molecule has 1 saturated heterocycles. The molecule has 196 valence electrons. The van der Waals surface area contributed by atoms with E-state index in [-0.39, 0.29) is 23.3 Å². The molecule has 2 aromatic carbocycles. The molecule has 2 aromatic rings. The lowest BCUT2D eigenvalue weighted by Gasteiger charge is -2.60. The summed E-state index contributed by atoms with van der Waals surface area (Å²) in [5, 5.41) is 6.71. The van der Waals surface area contributed by atoms with E-state index in [0.29, 0.717) is 17.8 Å². The number of hydrogen-bond donors (Lipinski definition) is 2. The lowest BCUT2D eigenvalue weighted by molar-refractivity contribution is -0.151. The van der Waals surface area contributed by atoms with Gasteiger partial charge >= 0.3 is 0 Å². The van der Waals surface area contributed by atoms with E-state index in [2.05, 4.69) is 55.7 Å².